The van der Waals surface area contributed by atoms with E-state index >= 15 is 0 Å². The van der Waals surface area contributed by atoms with Gasteiger partial charge >= 0.3 is 0 Å². The van der Waals surface area contributed by atoms with Gasteiger partial charge in [-0.3, -0.25) is 4.79 Å². The summed E-state index contributed by atoms with van der Waals surface area (Å²) in [5, 5.41) is 7.00. The summed E-state index contributed by atoms with van der Waals surface area (Å²) < 4.78 is 12.4. The number of hydrogen-bond donors (Lipinski definition) is 1. The van der Waals surface area contributed by atoms with Gasteiger partial charge in [0, 0.05) is 0 Å². The quantitative estimate of drug-likeness (QED) is 0.707. The van der Waals surface area contributed by atoms with E-state index < -0.39 is 0 Å². The third-order valence-corrected chi connectivity index (χ3v) is 3.88. The van der Waals surface area contributed by atoms with Crippen LogP contribution >= 0.6 is 0 Å². The Kier molecular flexibility index (Phi) is 5.48. The zero-order valence-electron chi connectivity index (χ0n) is 14.6. The van der Waals surface area contributed by atoms with E-state index in [0.717, 1.165) is 11.3 Å². The van der Waals surface area contributed by atoms with Gasteiger partial charge in [-0.25, -0.2) is 9.67 Å². The van der Waals surface area contributed by atoms with Gasteiger partial charge in [0.05, 0.1) is 18.8 Å². The highest BCUT2D eigenvalue weighted by atomic mass is 16.5. The van der Waals surface area contributed by atoms with Crippen molar-refractivity contribution >= 4 is 5.91 Å². The van der Waals surface area contributed by atoms with Crippen molar-refractivity contribution in [1.82, 2.24) is 20.1 Å². The Bertz CT molecular complexity index is 847. The number of rotatable bonds is 7. The minimum Gasteiger partial charge on any atom is -0.493 e. The molecule has 7 nitrogen and oxygen atoms in total. The van der Waals surface area contributed by atoms with Gasteiger partial charge in [0.1, 0.15) is 12.7 Å². The fourth-order valence-electron chi connectivity index (χ4n) is 2.51. The smallest absolute Gasteiger partial charge is 0.258 e. The highest BCUT2D eigenvalue weighted by Crippen LogP contribution is 2.25. The molecular formula is C19H20N4O3. The standard InChI is InChI=1S/C19H20N4O3/c1-14(15-7-9-16(10-8-15)23-13-20-12-21-23)22-19(24)11-26-18-6-4-3-5-17(18)25-2/h3-10,12-14H,11H2,1-2H3,(H,22,24)/t14-/m1/s1. The highest BCUT2D eigenvalue weighted by molar-refractivity contribution is 5.78. The molecule has 0 aliphatic rings. The molecule has 0 spiro atoms. The number of para-hydroxylation sites is 2. The zero-order chi connectivity index (χ0) is 18.4. The molecule has 1 amide bonds. The summed E-state index contributed by atoms with van der Waals surface area (Å²) in [7, 11) is 1.56. The SMILES string of the molecule is COc1ccccc1OCC(=O)N[C@H](C)c1ccc(-n2cncn2)cc1. The Hall–Kier alpha value is -3.35. The van der Waals surface area contributed by atoms with E-state index in [1.807, 2.05) is 43.3 Å². The van der Waals surface area contributed by atoms with Crippen LogP contribution in [0.4, 0.5) is 0 Å². The van der Waals surface area contributed by atoms with Crippen molar-refractivity contribution in [2.24, 2.45) is 0 Å². The van der Waals surface area contributed by atoms with E-state index in [0.29, 0.717) is 11.5 Å². The van der Waals surface area contributed by atoms with Gasteiger partial charge in [0.15, 0.2) is 18.1 Å². The number of methoxy groups -OCH3 is 1. The number of nitrogens with one attached hydrogen (secondary N) is 1. The molecule has 0 fully saturated rings. The molecule has 0 aliphatic carbocycles. The largest absolute Gasteiger partial charge is 0.493 e. The van der Waals surface area contributed by atoms with Crippen LogP contribution in [0.2, 0.25) is 0 Å². The first kappa shape index (κ1) is 17.5. The normalized spacial score (nSPS) is 11.6. The fraction of sp³-hybridized carbons (Fsp3) is 0.211. The molecule has 0 unspecified atom stereocenters. The predicted molar refractivity (Wildman–Crippen MR) is 96.4 cm³/mol. The van der Waals surface area contributed by atoms with E-state index in [4.69, 9.17) is 9.47 Å². The monoisotopic (exact) mass is 352 g/mol. The molecule has 0 saturated heterocycles. The van der Waals surface area contributed by atoms with E-state index in [-0.39, 0.29) is 18.6 Å². The second-order valence-corrected chi connectivity index (χ2v) is 5.66. The van der Waals surface area contributed by atoms with Gasteiger partial charge in [0.25, 0.3) is 5.91 Å². The molecule has 1 atom stereocenters. The Morgan fingerprint density at radius 1 is 1.15 bits per heavy atom. The van der Waals surface area contributed by atoms with Gasteiger partial charge in [-0.05, 0) is 36.8 Å². The van der Waals surface area contributed by atoms with E-state index in [2.05, 4.69) is 15.4 Å². The Balaban J connectivity index is 1.55. The van der Waals surface area contributed by atoms with E-state index in [1.165, 1.54) is 6.33 Å². The first-order valence-electron chi connectivity index (χ1n) is 8.17. The molecule has 3 aromatic rings. The Morgan fingerprint density at radius 3 is 2.54 bits per heavy atom. The Labute approximate surface area is 151 Å². The summed E-state index contributed by atoms with van der Waals surface area (Å²) in [6.45, 7) is 1.84. The number of carbonyl (C=O) groups is 1. The van der Waals surface area contributed by atoms with Crippen LogP contribution in [0, 0.1) is 0 Å². The molecule has 2 aromatic carbocycles. The lowest BCUT2D eigenvalue weighted by Crippen LogP contribution is -2.31. The zero-order valence-corrected chi connectivity index (χ0v) is 14.6. The van der Waals surface area contributed by atoms with Gasteiger partial charge in [-0.2, -0.15) is 5.10 Å². The lowest BCUT2D eigenvalue weighted by Gasteiger charge is -2.16. The first-order valence-corrected chi connectivity index (χ1v) is 8.17. The average molecular weight is 352 g/mol. The molecule has 0 bridgehead atoms. The molecule has 7 heteroatoms. The van der Waals surface area contributed by atoms with Gasteiger partial charge < -0.3 is 14.8 Å². The summed E-state index contributed by atoms with van der Waals surface area (Å²) in [4.78, 5) is 16.1. The molecule has 134 valence electrons. The predicted octanol–water partition coefficient (Wildman–Crippen LogP) is 2.53. The van der Waals surface area contributed by atoms with Crippen LogP contribution in [0.5, 0.6) is 11.5 Å². The molecule has 1 heterocycles. The van der Waals surface area contributed by atoms with Crippen LogP contribution in [0.15, 0.2) is 61.2 Å². The molecule has 0 saturated carbocycles. The summed E-state index contributed by atoms with van der Waals surface area (Å²) >= 11 is 0. The summed E-state index contributed by atoms with van der Waals surface area (Å²) in [5.74, 6) is 0.927. The lowest BCUT2D eigenvalue weighted by molar-refractivity contribution is -0.123. The third-order valence-electron chi connectivity index (χ3n) is 3.88. The van der Waals surface area contributed by atoms with Gasteiger partial charge in [-0.1, -0.05) is 24.3 Å². The van der Waals surface area contributed by atoms with Crippen LogP contribution in [-0.2, 0) is 4.79 Å². The minimum atomic E-state index is -0.205. The van der Waals surface area contributed by atoms with Crippen molar-refractivity contribution in [3.8, 4) is 17.2 Å². The Morgan fingerprint density at radius 2 is 1.88 bits per heavy atom. The number of nitrogens with zero attached hydrogens (tertiary/aromatic N) is 3. The third kappa shape index (κ3) is 4.18. The van der Waals surface area contributed by atoms with Crippen molar-refractivity contribution < 1.29 is 14.3 Å². The number of carbonyl (C=O) groups excluding carboxylic acids is 1. The van der Waals surface area contributed by atoms with E-state index in [9.17, 15) is 4.79 Å². The fourth-order valence-corrected chi connectivity index (χ4v) is 2.51. The average Bonchev–Trinajstić information content (AvgIpc) is 3.21. The number of ether oxygens (including phenoxy) is 2. The van der Waals surface area contributed by atoms with Crippen LogP contribution in [0.1, 0.15) is 18.5 Å². The van der Waals surface area contributed by atoms with Crippen molar-refractivity contribution in [2.75, 3.05) is 13.7 Å². The maximum atomic E-state index is 12.2. The van der Waals surface area contributed by atoms with E-state index in [1.54, 1.807) is 30.3 Å². The van der Waals surface area contributed by atoms with Crippen LogP contribution < -0.4 is 14.8 Å². The van der Waals surface area contributed by atoms with Crippen LogP contribution in [0.25, 0.3) is 5.69 Å². The van der Waals surface area contributed by atoms with Crippen LogP contribution in [0.3, 0.4) is 0 Å². The molecule has 26 heavy (non-hydrogen) atoms. The second kappa shape index (κ2) is 8.15. The topological polar surface area (TPSA) is 78.3 Å². The molecular weight excluding hydrogens is 332 g/mol. The number of benzene rings is 2. The minimum absolute atomic E-state index is 0.0816. The highest BCUT2D eigenvalue weighted by Gasteiger charge is 2.12. The van der Waals surface area contributed by atoms with Gasteiger partial charge in [0.2, 0.25) is 0 Å². The summed E-state index contributed by atoms with van der Waals surface area (Å²) in [5.41, 5.74) is 1.89. The maximum Gasteiger partial charge on any atom is 0.258 e. The van der Waals surface area contributed by atoms with Crippen LogP contribution in [-0.4, -0.2) is 34.4 Å². The summed E-state index contributed by atoms with van der Waals surface area (Å²) in [6, 6.07) is 14.8. The first-order chi connectivity index (χ1) is 12.7. The number of aromatic nitrogens is 3. The maximum absolute atomic E-state index is 12.2. The molecule has 1 N–H and O–H groups in total. The van der Waals surface area contributed by atoms with Crippen molar-refractivity contribution in [3.63, 3.8) is 0 Å². The van der Waals surface area contributed by atoms with Crippen molar-refractivity contribution in [2.45, 2.75) is 13.0 Å². The second-order valence-electron chi connectivity index (χ2n) is 5.66. The van der Waals surface area contributed by atoms with Gasteiger partial charge in [-0.15, -0.1) is 0 Å². The lowest BCUT2D eigenvalue weighted by atomic mass is 10.1. The number of amides is 1. The molecule has 3 rings (SSSR count). The van der Waals surface area contributed by atoms with Crippen molar-refractivity contribution in [3.05, 3.63) is 66.7 Å². The summed E-state index contributed by atoms with van der Waals surface area (Å²) in [6.07, 6.45) is 3.12. The molecule has 1 aromatic heterocycles. The van der Waals surface area contributed by atoms with Crippen molar-refractivity contribution in [1.29, 1.82) is 0 Å². The number of hydrogen-bond acceptors (Lipinski definition) is 5. The molecule has 0 aliphatic heterocycles. The molecule has 0 radical (unpaired) electrons.